The molecule has 3 amide bonds. The summed E-state index contributed by atoms with van der Waals surface area (Å²) in [6, 6.07) is 0. The fraction of sp³-hybridized carbons (Fsp3) is 0.868. The molecule has 0 bridgehead atoms. The average Bonchev–Trinajstić information content (AvgIpc) is 3.06. The molecule has 0 saturated carbocycles. The van der Waals surface area contributed by atoms with Gasteiger partial charge in [-0.15, -0.1) is 0 Å². The second-order valence-electron chi connectivity index (χ2n) is 13.3. The molecule has 1 aliphatic rings. The SMILES string of the molecule is CCCCCCCCC=CCCCCCCCCNC(=O)OCCCCCCCCCCCCNC(=O)OC1CCCCN1C(=O)O. The third-order valence-electron chi connectivity index (χ3n) is 8.97. The molecular weight excluding hydrogens is 594 g/mol. The Bertz CT molecular complexity index is 793. The van der Waals surface area contributed by atoms with Gasteiger partial charge in [0.2, 0.25) is 0 Å². The van der Waals surface area contributed by atoms with Crippen LogP contribution in [0.3, 0.4) is 0 Å². The lowest BCUT2D eigenvalue weighted by molar-refractivity contribution is -0.0245. The quantitative estimate of drug-likeness (QED) is 0.0519. The van der Waals surface area contributed by atoms with Crippen molar-refractivity contribution in [3.05, 3.63) is 12.2 Å². The van der Waals surface area contributed by atoms with Gasteiger partial charge in [0.05, 0.1) is 6.61 Å². The topological polar surface area (TPSA) is 117 Å². The summed E-state index contributed by atoms with van der Waals surface area (Å²) in [6.07, 6.45) is 33.6. The maximum absolute atomic E-state index is 12.0. The number of alkyl carbamates (subject to hydrolysis) is 2. The molecule has 274 valence electrons. The second-order valence-corrected chi connectivity index (χ2v) is 13.3. The molecule has 1 rings (SSSR count). The zero-order valence-corrected chi connectivity index (χ0v) is 30.1. The van der Waals surface area contributed by atoms with Crippen LogP contribution in [-0.2, 0) is 9.47 Å². The highest BCUT2D eigenvalue weighted by Gasteiger charge is 2.29. The number of hydrogen-bond acceptors (Lipinski definition) is 5. The van der Waals surface area contributed by atoms with Gasteiger partial charge in [-0.3, -0.25) is 4.90 Å². The van der Waals surface area contributed by atoms with Crippen molar-refractivity contribution in [3.63, 3.8) is 0 Å². The second kappa shape index (κ2) is 32.1. The lowest BCUT2D eigenvalue weighted by atomic mass is 10.1. The van der Waals surface area contributed by atoms with Gasteiger partial charge in [0, 0.05) is 26.1 Å². The molecule has 1 aliphatic heterocycles. The molecule has 1 unspecified atom stereocenters. The van der Waals surface area contributed by atoms with Gasteiger partial charge in [-0.05, 0) is 57.8 Å². The molecule has 1 heterocycles. The predicted molar refractivity (Wildman–Crippen MR) is 192 cm³/mol. The third kappa shape index (κ3) is 27.2. The van der Waals surface area contributed by atoms with Crippen molar-refractivity contribution in [1.29, 1.82) is 0 Å². The van der Waals surface area contributed by atoms with E-state index >= 15 is 0 Å². The summed E-state index contributed by atoms with van der Waals surface area (Å²) in [6.45, 7) is 4.44. The van der Waals surface area contributed by atoms with Gasteiger partial charge in [-0.1, -0.05) is 128 Å². The Kier molecular flexibility index (Phi) is 29.1. The summed E-state index contributed by atoms with van der Waals surface area (Å²) in [5.74, 6) is 0. The van der Waals surface area contributed by atoms with Crippen LogP contribution in [0.1, 0.15) is 180 Å². The average molecular weight is 666 g/mol. The van der Waals surface area contributed by atoms with E-state index in [-0.39, 0.29) is 6.09 Å². The number of carboxylic acid groups (broad SMARTS) is 1. The summed E-state index contributed by atoms with van der Waals surface area (Å²) in [5.41, 5.74) is 0. The summed E-state index contributed by atoms with van der Waals surface area (Å²) in [7, 11) is 0. The van der Waals surface area contributed by atoms with Gasteiger partial charge < -0.3 is 25.2 Å². The maximum atomic E-state index is 12.0. The molecule has 1 saturated heterocycles. The van der Waals surface area contributed by atoms with Crippen molar-refractivity contribution in [2.24, 2.45) is 0 Å². The van der Waals surface area contributed by atoms with E-state index in [4.69, 9.17) is 9.47 Å². The number of hydrogen-bond donors (Lipinski definition) is 3. The van der Waals surface area contributed by atoms with Crippen LogP contribution in [-0.4, -0.2) is 60.8 Å². The van der Waals surface area contributed by atoms with Crippen LogP contribution in [0.5, 0.6) is 0 Å². The van der Waals surface area contributed by atoms with Crippen molar-refractivity contribution in [2.45, 2.75) is 187 Å². The van der Waals surface area contributed by atoms with E-state index in [9.17, 15) is 19.5 Å². The number of likely N-dealkylation sites (tertiary alicyclic amines) is 1. The molecule has 0 spiro atoms. The molecule has 0 radical (unpaired) electrons. The van der Waals surface area contributed by atoms with E-state index < -0.39 is 18.4 Å². The van der Waals surface area contributed by atoms with Crippen LogP contribution < -0.4 is 10.6 Å². The monoisotopic (exact) mass is 666 g/mol. The number of rotatable bonds is 30. The predicted octanol–water partition coefficient (Wildman–Crippen LogP) is 10.9. The smallest absolute Gasteiger partial charge is 0.410 e. The number of allylic oxidation sites excluding steroid dienone is 2. The Hall–Kier alpha value is -2.45. The summed E-state index contributed by atoms with van der Waals surface area (Å²) in [5, 5.41) is 14.9. The molecule has 3 N–H and O–H groups in total. The van der Waals surface area contributed by atoms with Crippen LogP contribution in [0, 0.1) is 0 Å². The highest BCUT2D eigenvalue weighted by atomic mass is 16.6. The molecule has 1 atom stereocenters. The molecule has 0 aliphatic carbocycles. The van der Waals surface area contributed by atoms with Crippen molar-refractivity contribution < 1.29 is 29.0 Å². The first-order chi connectivity index (χ1) is 23.0. The maximum Gasteiger partial charge on any atom is 0.410 e. The third-order valence-corrected chi connectivity index (χ3v) is 8.97. The molecule has 0 aromatic carbocycles. The van der Waals surface area contributed by atoms with Gasteiger partial charge in [-0.2, -0.15) is 0 Å². The van der Waals surface area contributed by atoms with Gasteiger partial charge in [0.15, 0.2) is 6.23 Å². The van der Waals surface area contributed by atoms with Crippen LogP contribution in [0.25, 0.3) is 0 Å². The largest absolute Gasteiger partial charge is 0.465 e. The van der Waals surface area contributed by atoms with Crippen molar-refractivity contribution >= 4 is 18.3 Å². The number of piperidine rings is 1. The van der Waals surface area contributed by atoms with Crippen molar-refractivity contribution in [1.82, 2.24) is 15.5 Å². The highest BCUT2D eigenvalue weighted by molar-refractivity contribution is 5.69. The Labute approximate surface area is 287 Å². The Balaban J connectivity index is 1.76. The minimum atomic E-state index is -1.04. The molecule has 0 aromatic heterocycles. The van der Waals surface area contributed by atoms with E-state index in [0.717, 1.165) is 51.4 Å². The zero-order chi connectivity index (χ0) is 34.0. The van der Waals surface area contributed by atoms with E-state index in [1.165, 1.54) is 120 Å². The zero-order valence-electron chi connectivity index (χ0n) is 30.1. The minimum absolute atomic E-state index is 0.279. The number of carbonyl (C=O) groups excluding carboxylic acids is 2. The molecule has 0 aromatic rings. The van der Waals surface area contributed by atoms with Crippen molar-refractivity contribution in [3.8, 4) is 0 Å². The molecular formula is C38H71N3O6. The normalized spacial score (nSPS) is 14.7. The number of nitrogens with one attached hydrogen (secondary N) is 2. The summed E-state index contributed by atoms with van der Waals surface area (Å²) in [4.78, 5) is 36.3. The Morgan fingerprint density at radius 1 is 0.638 bits per heavy atom. The van der Waals surface area contributed by atoms with Gasteiger partial charge in [0.1, 0.15) is 0 Å². The molecule has 9 nitrogen and oxygen atoms in total. The number of ether oxygens (including phenoxy) is 2. The van der Waals surface area contributed by atoms with Crippen molar-refractivity contribution in [2.75, 3.05) is 26.2 Å². The minimum Gasteiger partial charge on any atom is -0.465 e. The van der Waals surface area contributed by atoms with Crippen LogP contribution in [0.4, 0.5) is 14.4 Å². The van der Waals surface area contributed by atoms with Crippen LogP contribution in [0.15, 0.2) is 12.2 Å². The van der Waals surface area contributed by atoms with Gasteiger partial charge in [0.25, 0.3) is 0 Å². The molecule has 9 heteroatoms. The highest BCUT2D eigenvalue weighted by Crippen LogP contribution is 2.18. The fourth-order valence-electron chi connectivity index (χ4n) is 6.02. The lowest BCUT2D eigenvalue weighted by Gasteiger charge is -2.32. The molecule has 47 heavy (non-hydrogen) atoms. The molecule has 1 fully saturated rings. The van der Waals surface area contributed by atoms with Gasteiger partial charge in [-0.25, -0.2) is 14.4 Å². The first kappa shape index (κ1) is 42.6. The van der Waals surface area contributed by atoms with E-state index in [0.29, 0.717) is 32.7 Å². The van der Waals surface area contributed by atoms with E-state index in [1.54, 1.807) is 0 Å². The first-order valence-corrected chi connectivity index (χ1v) is 19.5. The Morgan fingerprint density at radius 3 is 1.64 bits per heavy atom. The van der Waals surface area contributed by atoms with Crippen LogP contribution >= 0.6 is 0 Å². The van der Waals surface area contributed by atoms with E-state index in [1.807, 2.05) is 0 Å². The fourth-order valence-corrected chi connectivity index (χ4v) is 6.02. The lowest BCUT2D eigenvalue weighted by Crippen LogP contribution is -2.46. The van der Waals surface area contributed by atoms with E-state index in [2.05, 4.69) is 29.7 Å². The standard InChI is InChI=1S/C38H71N3O6/c1-2-3-4-5-6-7-8-9-10-11-12-13-16-19-22-26-31-39-36(42)46-34-29-24-21-18-15-14-17-20-23-27-32-40-37(43)47-35-30-25-28-33-41(35)38(44)45/h9-10,35H,2-8,11-34H2,1H3,(H,39,42)(H,40,43)(H,44,45). The number of carbonyl (C=O) groups is 3. The number of nitrogens with zero attached hydrogens (tertiary/aromatic N) is 1. The van der Waals surface area contributed by atoms with Gasteiger partial charge >= 0.3 is 18.3 Å². The number of amides is 3. The first-order valence-electron chi connectivity index (χ1n) is 19.5. The Morgan fingerprint density at radius 2 is 1.11 bits per heavy atom. The van der Waals surface area contributed by atoms with Crippen LogP contribution in [0.2, 0.25) is 0 Å². The number of unbranched alkanes of at least 4 members (excludes halogenated alkanes) is 21. The summed E-state index contributed by atoms with van der Waals surface area (Å²) >= 11 is 0. The summed E-state index contributed by atoms with van der Waals surface area (Å²) < 4.78 is 10.6.